The van der Waals surface area contributed by atoms with Gasteiger partial charge in [0, 0.05) is 49.3 Å². The highest BCUT2D eigenvalue weighted by Gasteiger charge is 2.45. The minimum absolute atomic E-state index is 0.205. The van der Waals surface area contributed by atoms with Crippen molar-refractivity contribution in [2.24, 2.45) is 11.8 Å². The summed E-state index contributed by atoms with van der Waals surface area (Å²) in [7, 11) is 0. The van der Waals surface area contributed by atoms with Crippen molar-refractivity contribution >= 4 is 5.65 Å². The number of rotatable bonds is 3. The van der Waals surface area contributed by atoms with Crippen molar-refractivity contribution in [2.45, 2.75) is 12.6 Å². The zero-order valence-corrected chi connectivity index (χ0v) is 14.0. The van der Waals surface area contributed by atoms with Crippen LogP contribution in [0.25, 0.3) is 5.65 Å². The number of aliphatic hydroxyl groups is 1. The van der Waals surface area contributed by atoms with Crippen LogP contribution in [0.1, 0.15) is 17.3 Å². The second-order valence-corrected chi connectivity index (χ2v) is 7.01. The van der Waals surface area contributed by atoms with E-state index in [1.165, 1.54) is 11.3 Å². The van der Waals surface area contributed by atoms with Gasteiger partial charge in [-0.3, -0.25) is 4.90 Å². The van der Waals surface area contributed by atoms with E-state index < -0.39 is 0 Å². The quantitative estimate of drug-likeness (QED) is 0.799. The van der Waals surface area contributed by atoms with Crippen LogP contribution in [-0.4, -0.2) is 39.1 Å². The highest BCUT2D eigenvalue weighted by molar-refractivity contribution is 5.41. The number of hydrogen-bond donors (Lipinski definition) is 1. The number of fused-ring (bicyclic) bond motifs is 4. The van der Waals surface area contributed by atoms with Crippen LogP contribution in [-0.2, 0) is 6.54 Å². The van der Waals surface area contributed by atoms with Crippen LogP contribution in [0.5, 0.6) is 5.75 Å². The average Bonchev–Trinajstić information content (AvgIpc) is 3.24. The molecule has 0 bridgehead atoms. The van der Waals surface area contributed by atoms with Crippen molar-refractivity contribution in [1.82, 2.24) is 14.3 Å². The summed E-state index contributed by atoms with van der Waals surface area (Å²) in [4.78, 5) is 6.99. The Bertz CT molecular complexity index is 907. The Kier molecular flexibility index (Phi) is 3.50. The molecule has 2 aliphatic rings. The molecule has 5 heteroatoms. The maximum absolute atomic E-state index is 9.87. The van der Waals surface area contributed by atoms with Gasteiger partial charge in [0.05, 0.1) is 18.5 Å². The van der Waals surface area contributed by atoms with Crippen molar-refractivity contribution < 1.29 is 9.84 Å². The van der Waals surface area contributed by atoms with Gasteiger partial charge in [-0.1, -0.05) is 24.3 Å². The first-order valence-electron chi connectivity index (χ1n) is 8.83. The van der Waals surface area contributed by atoms with Crippen LogP contribution < -0.4 is 4.74 Å². The predicted molar refractivity (Wildman–Crippen MR) is 94.3 cm³/mol. The van der Waals surface area contributed by atoms with Crippen molar-refractivity contribution in [2.75, 3.05) is 19.8 Å². The molecule has 0 spiro atoms. The third-order valence-corrected chi connectivity index (χ3v) is 5.64. The lowest BCUT2D eigenvalue weighted by molar-refractivity contribution is 0.118. The number of aromatic nitrogens is 2. The van der Waals surface area contributed by atoms with Gasteiger partial charge >= 0.3 is 0 Å². The minimum Gasteiger partial charge on any atom is -0.493 e. The Morgan fingerprint density at radius 1 is 1.16 bits per heavy atom. The molecule has 25 heavy (non-hydrogen) atoms. The molecule has 5 rings (SSSR count). The summed E-state index contributed by atoms with van der Waals surface area (Å²) < 4.78 is 8.11. The molecule has 3 aromatic rings. The summed E-state index contributed by atoms with van der Waals surface area (Å²) in [6.07, 6.45) is 4.02. The van der Waals surface area contributed by atoms with Gasteiger partial charge in [-0.2, -0.15) is 0 Å². The predicted octanol–water partition coefficient (Wildman–Crippen LogP) is 2.51. The number of ether oxygens (including phenoxy) is 1. The molecule has 2 aliphatic heterocycles. The second-order valence-electron chi connectivity index (χ2n) is 7.01. The lowest BCUT2D eigenvalue weighted by Crippen LogP contribution is -2.32. The van der Waals surface area contributed by atoms with Crippen molar-refractivity contribution in [3.05, 3.63) is 66.1 Å². The minimum atomic E-state index is 0.205. The summed E-state index contributed by atoms with van der Waals surface area (Å²) in [5.74, 6) is 1.56. The van der Waals surface area contributed by atoms with E-state index in [2.05, 4.69) is 32.6 Å². The molecule has 0 radical (unpaired) electrons. The van der Waals surface area contributed by atoms with E-state index in [-0.39, 0.29) is 18.6 Å². The average molecular weight is 335 g/mol. The number of para-hydroxylation sites is 1. The van der Waals surface area contributed by atoms with Crippen molar-refractivity contribution in [3.8, 4) is 5.75 Å². The second kappa shape index (κ2) is 5.86. The molecule has 0 unspecified atom stereocenters. The fraction of sp³-hybridized carbons (Fsp3) is 0.350. The maximum Gasteiger partial charge on any atom is 0.136 e. The van der Waals surface area contributed by atoms with E-state index in [9.17, 15) is 5.11 Å². The Morgan fingerprint density at radius 3 is 2.96 bits per heavy atom. The van der Waals surface area contributed by atoms with E-state index in [1.54, 1.807) is 0 Å². The van der Waals surface area contributed by atoms with Crippen LogP contribution in [0, 0.1) is 11.8 Å². The monoisotopic (exact) mass is 335 g/mol. The molecular formula is C20H21N3O2. The van der Waals surface area contributed by atoms with E-state index in [0.717, 1.165) is 24.5 Å². The van der Waals surface area contributed by atoms with Gasteiger partial charge in [0.15, 0.2) is 0 Å². The highest BCUT2D eigenvalue weighted by Crippen LogP contribution is 2.47. The fourth-order valence-electron chi connectivity index (χ4n) is 4.44. The number of hydrogen-bond acceptors (Lipinski definition) is 4. The van der Waals surface area contributed by atoms with E-state index in [0.29, 0.717) is 12.5 Å². The Hall–Kier alpha value is -2.37. The van der Waals surface area contributed by atoms with Gasteiger partial charge < -0.3 is 14.2 Å². The van der Waals surface area contributed by atoms with Crippen LogP contribution in [0.3, 0.4) is 0 Å². The maximum atomic E-state index is 9.87. The van der Waals surface area contributed by atoms with Crippen molar-refractivity contribution in [3.63, 3.8) is 0 Å². The number of likely N-dealkylation sites (tertiary alicyclic amines) is 1. The molecule has 3 atom stereocenters. The molecule has 5 nitrogen and oxygen atoms in total. The molecule has 4 heterocycles. The summed E-state index contributed by atoms with van der Waals surface area (Å²) in [6.45, 7) is 2.58. The SMILES string of the molecule is OC[C@@H]1CN(Cc2cnc3ccccn23)[C@H]2c3ccccc3OC[C@@H]12. The third kappa shape index (κ3) is 2.34. The fourth-order valence-corrected chi connectivity index (χ4v) is 4.44. The molecular weight excluding hydrogens is 314 g/mol. The topological polar surface area (TPSA) is 50.0 Å². The first kappa shape index (κ1) is 14.9. The van der Waals surface area contributed by atoms with Gasteiger partial charge in [-0.15, -0.1) is 0 Å². The zero-order valence-electron chi connectivity index (χ0n) is 14.0. The normalized spacial score (nSPS) is 25.6. The first-order chi connectivity index (χ1) is 12.3. The van der Waals surface area contributed by atoms with Crippen molar-refractivity contribution in [1.29, 1.82) is 0 Å². The molecule has 0 saturated carbocycles. The molecule has 1 N–H and O–H groups in total. The van der Waals surface area contributed by atoms with Gasteiger partial charge in [0.2, 0.25) is 0 Å². The van der Waals surface area contributed by atoms with Crippen LogP contribution in [0.2, 0.25) is 0 Å². The van der Waals surface area contributed by atoms with E-state index in [1.807, 2.05) is 36.5 Å². The number of imidazole rings is 1. The Balaban J connectivity index is 1.52. The number of benzene rings is 1. The van der Waals surface area contributed by atoms with Gasteiger partial charge in [-0.25, -0.2) is 4.98 Å². The molecule has 1 fully saturated rings. The molecule has 128 valence electrons. The first-order valence-corrected chi connectivity index (χ1v) is 8.83. The molecule has 0 aliphatic carbocycles. The smallest absolute Gasteiger partial charge is 0.136 e. The van der Waals surface area contributed by atoms with E-state index in [4.69, 9.17) is 4.74 Å². The molecule has 2 aromatic heterocycles. The Morgan fingerprint density at radius 2 is 2.04 bits per heavy atom. The lowest BCUT2D eigenvalue weighted by atomic mass is 9.86. The summed E-state index contributed by atoms with van der Waals surface area (Å²) >= 11 is 0. The van der Waals surface area contributed by atoms with Crippen LogP contribution >= 0.6 is 0 Å². The third-order valence-electron chi connectivity index (χ3n) is 5.64. The Labute approximate surface area is 146 Å². The number of pyridine rings is 1. The molecule has 1 aromatic carbocycles. The van der Waals surface area contributed by atoms with Crippen LogP contribution in [0.4, 0.5) is 0 Å². The highest BCUT2D eigenvalue weighted by atomic mass is 16.5. The summed E-state index contributed by atoms with van der Waals surface area (Å²) in [6, 6.07) is 14.7. The summed E-state index contributed by atoms with van der Waals surface area (Å²) in [5.41, 5.74) is 3.39. The molecule has 1 saturated heterocycles. The number of nitrogens with zero attached hydrogens (tertiary/aromatic N) is 3. The van der Waals surface area contributed by atoms with Gasteiger partial charge in [-0.05, 0) is 18.2 Å². The van der Waals surface area contributed by atoms with Gasteiger partial charge in [0.1, 0.15) is 11.4 Å². The molecule has 0 amide bonds. The number of aliphatic hydroxyl groups excluding tert-OH is 1. The van der Waals surface area contributed by atoms with Gasteiger partial charge in [0.25, 0.3) is 0 Å². The summed E-state index contributed by atoms with van der Waals surface area (Å²) in [5, 5.41) is 9.87. The lowest BCUT2D eigenvalue weighted by Gasteiger charge is -2.34. The standard InChI is InChI=1S/C20H21N3O2/c24-12-14-10-22(11-15-9-21-19-7-3-4-8-23(15)19)20-16-5-1-2-6-18(16)25-13-17(14)20/h1-9,14,17,20,24H,10-13H2/t14-,17-,20-/m0/s1. The van der Waals surface area contributed by atoms with E-state index >= 15 is 0 Å². The zero-order chi connectivity index (χ0) is 16.8. The largest absolute Gasteiger partial charge is 0.493 e. The van der Waals surface area contributed by atoms with Crippen LogP contribution in [0.15, 0.2) is 54.9 Å².